The smallest absolute Gasteiger partial charge is 0.274 e. The number of benzene rings is 1. The highest BCUT2D eigenvalue weighted by Gasteiger charge is 2.23. The van der Waals surface area contributed by atoms with Crippen molar-refractivity contribution in [3.63, 3.8) is 0 Å². The Morgan fingerprint density at radius 1 is 1.50 bits per heavy atom. The molecular formula is C15H22N2O3. The van der Waals surface area contributed by atoms with E-state index in [9.17, 15) is 10.1 Å². The lowest BCUT2D eigenvalue weighted by atomic mass is 9.99. The lowest BCUT2D eigenvalue weighted by Gasteiger charge is -2.31. The first-order valence-corrected chi connectivity index (χ1v) is 7.24. The maximum Gasteiger partial charge on any atom is 0.274 e. The molecule has 1 aliphatic rings. The molecule has 0 bridgehead atoms. The third kappa shape index (κ3) is 3.48. The summed E-state index contributed by atoms with van der Waals surface area (Å²) in [6.45, 7) is 4.71. The second-order valence-corrected chi connectivity index (χ2v) is 5.35. The van der Waals surface area contributed by atoms with E-state index < -0.39 is 0 Å². The van der Waals surface area contributed by atoms with Gasteiger partial charge in [0.05, 0.1) is 11.0 Å². The summed E-state index contributed by atoms with van der Waals surface area (Å²) >= 11 is 0. The van der Waals surface area contributed by atoms with Crippen LogP contribution in [0, 0.1) is 17.0 Å². The van der Waals surface area contributed by atoms with Gasteiger partial charge in [0.1, 0.15) is 0 Å². The molecule has 1 heterocycles. The van der Waals surface area contributed by atoms with E-state index in [1.165, 1.54) is 0 Å². The van der Waals surface area contributed by atoms with Crippen molar-refractivity contribution in [1.82, 2.24) is 0 Å². The van der Waals surface area contributed by atoms with Crippen LogP contribution in [0.4, 0.5) is 11.4 Å². The van der Waals surface area contributed by atoms with Crippen molar-refractivity contribution in [2.24, 2.45) is 0 Å². The average molecular weight is 278 g/mol. The van der Waals surface area contributed by atoms with Gasteiger partial charge in [-0.1, -0.05) is 19.4 Å². The molecule has 1 N–H and O–H groups in total. The van der Waals surface area contributed by atoms with Crippen molar-refractivity contribution in [3.8, 4) is 0 Å². The molecule has 20 heavy (non-hydrogen) atoms. The van der Waals surface area contributed by atoms with Gasteiger partial charge in [-0.3, -0.25) is 10.1 Å². The number of hydrogen-bond donors (Lipinski definition) is 1. The van der Waals surface area contributed by atoms with Crippen LogP contribution in [-0.4, -0.2) is 23.7 Å². The van der Waals surface area contributed by atoms with E-state index in [1.807, 2.05) is 6.07 Å². The molecule has 0 amide bonds. The Morgan fingerprint density at radius 3 is 3.00 bits per heavy atom. The number of nitrogens with zero attached hydrogens (tertiary/aromatic N) is 1. The Bertz CT molecular complexity index is 474. The van der Waals surface area contributed by atoms with E-state index in [2.05, 4.69) is 12.2 Å². The van der Waals surface area contributed by atoms with Crippen molar-refractivity contribution in [2.45, 2.75) is 51.7 Å². The molecule has 1 fully saturated rings. The molecule has 1 aromatic carbocycles. The number of nitrogens with one attached hydrogen (secondary N) is 1. The zero-order valence-electron chi connectivity index (χ0n) is 12.1. The van der Waals surface area contributed by atoms with Crippen molar-refractivity contribution in [1.29, 1.82) is 0 Å². The molecule has 0 spiro atoms. The lowest BCUT2D eigenvalue weighted by molar-refractivity contribution is -0.385. The molecule has 2 atom stereocenters. The Balaban J connectivity index is 2.06. The Morgan fingerprint density at radius 2 is 2.30 bits per heavy atom. The van der Waals surface area contributed by atoms with E-state index >= 15 is 0 Å². The van der Waals surface area contributed by atoms with Crippen LogP contribution in [-0.2, 0) is 4.74 Å². The number of nitro groups is 1. The van der Waals surface area contributed by atoms with Crippen LogP contribution in [0.2, 0.25) is 0 Å². The third-order valence-electron chi connectivity index (χ3n) is 3.84. The van der Waals surface area contributed by atoms with E-state index in [-0.39, 0.29) is 10.6 Å². The highest BCUT2D eigenvalue weighted by molar-refractivity contribution is 5.60. The zero-order valence-corrected chi connectivity index (χ0v) is 12.1. The summed E-state index contributed by atoms with van der Waals surface area (Å²) in [6.07, 6.45) is 4.42. The maximum absolute atomic E-state index is 11.0. The molecule has 0 saturated carbocycles. The van der Waals surface area contributed by atoms with E-state index in [1.54, 1.807) is 19.1 Å². The summed E-state index contributed by atoms with van der Waals surface area (Å²) in [7, 11) is 0. The van der Waals surface area contributed by atoms with Crippen molar-refractivity contribution < 1.29 is 9.66 Å². The number of ether oxygens (including phenoxy) is 1. The first-order chi connectivity index (χ1) is 9.61. The monoisotopic (exact) mass is 278 g/mol. The van der Waals surface area contributed by atoms with Crippen LogP contribution in [0.15, 0.2) is 18.2 Å². The second-order valence-electron chi connectivity index (χ2n) is 5.35. The van der Waals surface area contributed by atoms with Crippen molar-refractivity contribution in [3.05, 3.63) is 33.9 Å². The number of rotatable bonds is 5. The van der Waals surface area contributed by atoms with Crippen molar-refractivity contribution in [2.75, 3.05) is 11.9 Å². The normalized spacial score (nSPS) is 22.5. The van der Waals surface area contributed by atoms with Crippen LogP contribution in [0.25, 0.3) is 0 Å². The summed E-state index contributed by atoms with van der Waals surface area (Å²) in [5, 5.41) is 14.4. The molecule has 5 heteroatoms. The molecule has 0 aromatic heterocycles. The van der Waals surface area contributed by atoms with Gasteiger partial charge in [0, 0.05) is 30.0 Å². The lowest BCUT2D eigenvalue weighted by Crippen LogP contribution is -2.34. The fraction of sp³-hybridized carbons (Fsp3) is 0.600. The fourth-order valence-corrected chi connectivity index (χ4v) is 2.73. The highest BCUT2D eigenvalue weighted by Crippen LogP contribution is 2.28. The Hall–Kier alpha value is -1.62. The Kier molecular flexibility index (Phi) is 4.95. The molecule has 2 unspecified atom stereocenters. The first-order valence-electron chi connectivity index (χ1n) is 7.24. The van der Waals surface area contributed by atoms with Gasteiger partial charge in [0.15, 0.2) is 0 Å². The standard InChI is InChI=1S/C15H22N2O3/c1-3-5-13-10-12(8-9-20-13)16-14-6-4-7-15(11(14)2)17(18)19/h4,6-7,12-13,16H,3,5,8-10H2,1-2H3. The molecule has 1 aliphatic heterocycles. The quantitative estimate of drug-likeness (QED) is 0.659. The van der Waals surface area contributed by atoms with Crippen LogP contribution in [0.1, 0.15) is 38.2 Å². The topological polar surface area (TPSA) is 64.4 Å². The van der Waals surface area contributed by atoms with Gasteiger partial charge in [0.2, 0.25) is 0 Å². The van der Waals surface area contributed by atoms with E-state index in [0.717, 1.165) is 38.0 Å². The molecule has 2 rings (SSSR count). The predicted molar refractivity (Wildman–Crippen MR) is 79.1 cm³/mol. The summed E-state index contributed by atoms with van der Waals surface area (Å²) in [4.78, 5) is 10.6. The van der Waals surface area contributed by atoms with Gasteiger partial charge >= 0.3 is 0 Å². The summed E-state index contributed by atoms with van der Waals surface area (Å²) in [6, 6.07) is 5.52. The van der Waals surface area contributed by atoms with E-state index in [0.29, 0.717) is 17.7 Å². The molecule has 5 nitrogen and oxygen atoms in total. The van der Waals surface area contributed by atoms with Crippen LogP contribution in [0.3, 0.4) is 0 Å². The van der Waals surface area contributed by atoms with Crippen molar-refractivity contribution >= 4 is 11.4 Å². The molecule has 0 aliphatic carbocycles. The Labute approximate surface area is 119 Å². The van der Waals surface area contributed by atoms with Crippen LogP contribution >= 0.6 is 0 Å². The molecule has 1 aromatic rings. The van der Waals surface area contributed by atoms with Gasteiger partial charge in [-0.05, 0) is 32.3 Å². The van der Waals surface area contributed by atoms with E-state index in [4.69, 9.17) is 4.74 Å². The first kappa shape index (κ1) is 14.8. The third-order valence-corrected chi connectivity index (χ3v) is 3.84. The number of nitro benzene ring substituents is 1. The average Bonchev–Trinajstić information content (AvgIpc) is 2.42. The van der Waals surface area contributed by atoms with Crippen LogP contribution in [0.5, 0.6) is 0 Å². The molecular weight excluding hydrogens is 256 g/mol. The largest absolute Gasteiger partial charge is 0.382 e. The van der Waals surface area contributed by atoms with Crippen LogP contribution < -0.4 is 5.32 Å². The highest BCUT2D eigenvalue weighted by atomic mass is 16.6. The van der Waals surface area contributed by atoms with Gasteiger partial charge < -0.3 is 10.1 Å². The van der Waals surface area contributed by atoms with Gasteiger partial charge in [-0.2, -0.15) is 0 Å². The number of anilines is 1. The maximum atomic E-state index is 11.0. The molecule has 0 radical (unpaired) electrons. The summed E-state index contributed by atoms with van der Waals surface area (Å²) in [5.74, 6) is 0. The fourth-order valence-electron chi connectivity index (χ4n) is 2.73. The SMILES string of the molecule is CCCC1CC(Nc2cccc([N+](=O)[O-])c2C)CCO1. The number of hydrogen-bond acceptors (Lipinski definition) is 4. The minimum Gasteiger partial charge on any atom is -0.382 e. The minimum atomic E-state index is -0.329. The predicted octanol–water partition coefficient (Wildman–Crippen LogP) is 3.66. The van der Waals surface area contributed by atoms with Gasteiger partial charge in [-0.25, -0.2) is 0 Å². The zero-order chi connectivity index (χ0) is 14.5. The van der Waals surface area contributed by atoms with Gasteiger partial charge in [0.25, 0.3) is 5.69 Å². The van der Waals surface area contributed by atoms with Gasteiger partial charge in [-0.15, -0.1) is 0 Å². The molecule has 110 valence electrons. The summed E-state index contributed by atoms with van der Waals surface area (Å²) in [5.41, 5.74) is 1.74. The molecule has 1 saturated heterocycles. The summed E-state index contributed by atoms with van der Waals surface area (Å²) < 4.78 is 5.73. The second kappa shape index (κ2) is 6.70. The minimum absolute atomic E-state index is 0.173.